The molecular weight excluding hydrogens is 256 g/mol. The molecule has 1 N–H and O–H groups in total. The standard InChI is InChI=1S/C15H22N2OS/c1-3-17(12-14-6-5-11-19-14)9-8-16-13(2)15-7-4-10-18-15/h4-7,10-11,13,16H,3,8-9,12H2,1-2H3. The van der Waals surface area contributed by atoms with Crippen LogP contribution in [0.3, 0.4) is 0 Å². The molecule has 104 valence electrons. The van der Waals surface area contributed by atoms with Gasteiger partial charge in [-0.3, -0.25) is 4.90 Å². The molecule has 1 unspecified atom stereocenters. The van der Waals surface area contributed by atoms with Crippen LogP contribution in [0.25, 0.3) is 0 Å². The monoisotopic (exact) mass is 278 g/mol. The van der Waals surface area contributed by atoms with E-state index in [1.165, 1.54) is 4.88 Å². The number of hydrogen-bond acceptors (Lipinski definition) is 4. The predicted molar refractivity (Wildman–Crippen MR) is 80.4 cm³/mol. The number of nitrogens with one attached hydrogen (secondary N) is 1. The van der Waals surface area contributed by atoms with E-state index in [1.54, 1.807) is 6.26 Å². The first-order chi connectivity index (χ1) is 9.29. The summed E-state index contributed by atoms with van der Waals surface area (Å²) in [4.78, 5) is 3.88. The Bertz CT molecular complexity index is 439. The molecule has 0 radical (unpaired) electrons. The molecule has 2 aromatic heterocycles. The smallest absolute Gasteiger partial charge is 0.120 e. The summed E-state index contributed by atoms with van der Waals surface area (Å²) in [6, 6.07) is 8.54. The van der Waals surface area contributed by atoms with Crippen molar-refractivity contribution in [2.45, 2.75) is 26.4 Å². The summed E-state index contributed by atoms with van der Waals surface area (Å²) in [7, 11) is 0. The maximum atomic E-state index is 5.39. The summed E-state index contributed by atoms with van der Waals surface area (Å²) >= 11 is 1.83. The fraction of sp³-hybridized carbons (Fsp3) is 0.467. The third-order valence-electron chi connectivity index (χ3n) is 3.26. The van der Waals surface area contributed by atoms with Gasteiger partial charge in [-0.15, -0.1) is 11.3 Å². The van der Waals surface area contributed by atoms with Crippen molar-refractivity contribution in [2.24, 2.45) is 0 Å². The lowest BCUT2D eigenvalue weighted by Crippen LogP contribution is -2.32. The Morgan fingerprint density at radius 3 is 2.89 bits per heavy atom. The van der Waals surface area contributed by atoms with Gasteiger partial charge >= 0.3 is 0 Å². The molecule has 4 heteroatoms. The van der Waals surface area contributed by atoms with Gasteiger partial charge in [0.2, 0.25) is 0 Å². The van der Waals surface area contributed by atoms with Crippen LogP contribution in [0, 0.1) is 0 Å². The van der Waals surface area contributed by atoms with Crippen molar-refractivity contribution < 1.29 is 4.42 Å². The number of thiophene rings is 1. The Labute approximate surface area is 119 Å². The summed E-state index contributed by atoms with van der Waals surface area (Å²) in [5.74, 6) is 1.00. The highest BCUT2D eigenvalue weighted by molar-refractivity contribution is 7.09. The van der Waals surface area contributed by atoms with Crippen molar-refractivity contribution in [2.75, 3.05) is 19.6 Å². The maximum Gasteiger partial charge on any atom is 0.120 e. The SMILES string of the molecule is CCN(CCNC(C)c1ccco1)Cc1cccs1. The quantitative estimate of drug-likeness (QED) is 0.801. The van der Waals surface area contributed by atoms with E-state index < -0.39 is 0 Å². The molecule has 0 aliphatic rings. The second-order valence-corrected chi connectivity index (χ2v) is 5.67. The van der Waals surface area contributed by atoms with Gasteiger partial charge in [-0.2, -0.15) is 0 Å². The zero-order chi connectivity index (χ0) is 13.5. The minimum atomic E-state index is 0.274. The van der Waals surface area contributed by atoms with Gasteiger partial charge in [-0.1, -0.05) is 13.0 Å². The lowest BCUT2D eigenvalue weighted by Gasteiger charge is -2.21. The summed E-state index contributed by atoms with van der Waals surface area (Å²) < 4.78 is 5.39. The lowest BCUT2D eigenvalue weighted by atomic mass is 10.2. The number of furan rings is 1. The first-order valence-electron chi connectivity index (χ1n) is 6.81. The summed E-state index contributed by atoms with van der Waals surface area (Å²) in [5, 5.41) is 5.64. The normalized spacial score (nSPS) is 13.0. The highest BCUT2D eigenvalue weighted by Crippen LogP contribution is 2.13. The molecule has 0 spiro atoms. The topological polar surface area (TPSA) is 28.4 Å². The zero-order valence-electron chi connectivity index (χ0n) is 11.6. The van der Waals surface area contributed by atoms with Crippen molar-refractivity contribution in [3.8, 4) is 0 Å². The van der Waals surface area contributed by atoms with Gasteiger partial charge in [0.15, 0.2) is 0 Å². The average molecular weight is 278 g/mol. The molecule has 0 fully saturated rings. The molecule has 0 aliphatic heterocycles. The molecule has 0 saturated heterocycles. The first-order valence-corrected chi connectivity index (χ1v) is 7.69. The molecule has 19 heavy (non-hydrogen) atoms. The van der Waals surface area contributed by atoms with Crippen LogP contribution in [-0.4, -0.2) is 24.5 Å². The highest BCUT2D eigenvalue weighted by atomic mass is 32.1. The van der Waals surface area contributed by atoms with Crippen LogP contribution >= 0.6 is 11.3 Å². The molecule has 0 aliphatic carbocycles. The van der Waals surface area contributed by atoms with Gasteiger partial charge in [0.25, 0.3) is 0 Å². The molecule has 2 heterocycles. The van der Waals surface area contributed by atoms with Crippen LogP contribution in [0.4, 0.5) is 0 Å². The molecule has 0 aromatic carbocycles. The Balaban J connectivity index is 1.71. The van der Waals surface area contributed by atoms with E-state index in [2.05, 4.69) is 41.6 Å². The Morgan fingerprint density at radius 1 is 1.37 bits per heavy atom. The third-order valence-corrected chi connectivity index (χ3v) is 4.12. The van der Waals surface area contributed by atoms with E-state index >= 15 is 0 Å². The predicted octanol–water partition coefficient (Wildman–Crippen LogP) is 3.51. The van der Waals surface area contributed by atoms with Gasteiger partial charge in [-0.25, -0.2) is 0 Å². The molecule has 2 aromatic rings. The van der Waals surface area contributed by atoms with Gasteiger partial charge in [0.05, 0.1) is 12.3 Å². The Kier molecular flexibility index (Phi) is 5.63. The fourth-order valence-electron chi connectivity index (χ4n) is 2.05. The van der Waals surface area contributed by atoms with E-state index in [0.29, 0.717) is 0 Å². The molecule has 2 rings (SSSR count). The summed E-state index contributed by atoms with van der Waals surface area (Å²) in [6.07, 6.45) is 1.72. The molecule has 3 nitrogen and oxygen atoms in total. The van der Waals surface area contributed by atoms with Crippen molar-refractivity contribution in [3.63, 3.8) is 0 Å². The largest absolute Gasteiger partial charge is 0.468 e. The van der Waals surface area contributed by atoms with Crippen molar-refractivity contribution in [1.29, 1.82) is 0 Å². The zero-order valence-corrected chi connectivity index (χ0v) is 12.5. The molecule has 1 atom stereocenters. The molecule has 0 bridgehead atoms. The van der Waals surface area contributed by atoms with Crippen LogP contribution in [-0.2, 0) is 6.54 Å². The number of likely N-dealkylation sites (N-methyl/N-ethyl adjacent to an activating group) is 1. The third kappa shape index (κ3) is 4.49. The van der Waals surface area contributed by atoms with Gasteiger partial charge in [0, 0.05) is 24.5 Å². The van der Waals surface area contributed by atoms with Gasteiger partial charge in [-0.05, 0) is 37.0 Å². The second-order valence-electron chi connectivity index (χ2n) is 4.64. The van der Waals surface area contributed by atoms with Crippen molar-refractivity contribution in [3.05, 3.63) is 46.5 Å². The van der Waals surface area contributed by atoms with E-state index in [4.69, 9.17) is 4.42 Å². The average Bonchev–Trinajstić information content (AvgIpc) is 3.10. The molecule has 0 saturated carbocycles. The number of rotatable bonds is 8. The van der Waals surface area contributed by atoms with Gasteiger partial charge in [0.1, 0.15) is 5.76 Å². The maximum absolute atomic E-state index is 5.39. The van der Waals surface area contributed by atoms with E-state index in [9.17, 15) is 0 Å². The van der Waals surface area contributed by atoms with E-state index in [-0.39, 0.29) is 6.04 Å². The minimum Gasteiger partial charge on any atom is -0.468 e. The first kappa shape index (κ1) is 14.3. The fourth-order valence-corrected chi connectivity index (χ4v) is 2.80. The van der Waals surface area contributed by atoms with Crippen LogP contribution in [0.5, 0.6) is 0 Å². The van der Waals surface area contributed by atoms with Crippen LogP contribution in [0.15, 0.2) is 40.3 Å². The molecule has 0 amide bonds. The van der Waals surface area contributed by atoms with Crippen molar-refractivity contribution in [1.82, 2.24) is 10.2 Å². The highest BCUT2D eigenvalue weighted by Gasteiger charge is 2.08. The lowest BCUT2D eigenvalue weighted by molar-refractivity contribution is 0.274. The Hall–Kier alpha value is -1.10. The van der Waals surface area contributed by atoms with Crippen LogP contribution < -0.4 is 5.32 Å². The van der Waals surface area contributed by atoms with Crippen molar-refractivity contribution >= 4 is 11.3 Å². The van der Waals surface area contributed by atoms with E-state index in [0.717, 1.165) is 31.9 Å². The number of hydrogen-bond donors (Lipinski definition) is 1. The van der Waals surface area contributed by atoms with E-state index in [1.807, 2.05) is 23.5 Å². The summed E-state index contributed by atoms with van der Waals surface area (Å²) in [5.41, 5.74) is 0. The van der Waals surface area contributed by atoms with Crippen LogP contribution in [0.1, 0.15) is 30.5 Å². The summed E-state index contributed by atoms with van der Waals surface area (Å²) in [6.45, 7) is 8.50. The minimum absolute atomic E-state index is 0.274. The van der Waals surface area contributed by atoms with Gasteiger partial charge < -0.3 is 9.73 Å². The number of nitrogens with zero attached hydrogens (tertiary/aromatic N) is 1. The molecular formula is C15H22N2OS. The van der Waals surface area contributed by atoms with Crippen LogP contribution in [0.2, 0.25) is 0 Å². The Morgan fingerprint density at radius 2 is 2.26 bits per heavy atom. The second kappa shape index (κ2) is 7.48.